The lowest BCUT2D eigenvalue weighted by Gasteiger charge is -2.24. The number of aromatic nitrogens is 2. The molecule has 0 amide bonds. The number of nitrogens with zero attached hydrogens (tertiary/aromatic N) is 2. The molecule has 0 atom stereocenters. The van der Waals surface area contributed by atoms with Gasteiger partial charge >= 0.3 is 8.80 Å². The van der Waals surface area contributed by atoms with E-state index >= 15 is 0 Å². The summed E-state index contributed by atoms with van der Waals surface area (Å²) in [5.41, 5.74) is 0. The van der Waals surface area contributed by atoms with Crippen LogP contribution in [0, 0.1) is 0 Å². The van der Waals surface area contributed by atoms with Gasteiger partial charge in [-0.3, -0.25) is 4.68 Å². The molecule has 0 saturated carbocycles. The monoisotopic (exact) mass is 216 g/mol. The predicted octanol–water partition coefficient (Wildman–Crippen LogP) is 0.761. The van der Waals surface area contributed by atoms with Crippen molar-refractivity contribution in [2.45, 2.75) is 12.6 Å². The standard InChI is InChI=1S/C8H16N2O3Si/c1-11-14(12-2,13-3)8-7-10-6-4-5-9-10/h4-6H,7-8H2,1-3H3. The van der Waals surface area contributed by atoms with Crippen molar-refractivity contribution in [3.63, 3.8) is 0 Å². The summed E-state index contributed by atoms with van der Waals surface area (Å²) in [4.78, 5) is 0. The maximum atomic E-state index is 5.29. The van der Waals surface area contributed by atoms with Crippen LogP contribution in [0.2, 0.25) is 6.04 Å². The molecule has 6 heteroatoms. The molecule has 0 bridgehead atoms. The first-order valence-corrected chi connectivity index (χ1v) is 6.32. The fourth-order valence-electron chi connectivity index (χ4n) is 1.24. The van der Waals surface area contributed by atoms with Crippen LogP contribution in [0.15, 0.2) is 18.5 Å². The van der Waals surface area contributed by atoms with Crippen LogP contribution in [0.1, 0.15) is 0 Å². The Labute approximate surface area is 85.0 Å². The highest BCUT2D eigenvalue weighted by molar-refractivity contribution is 6.60. The summed E-state index contributed by atoms with van der Waals surface area (Å²) in [6.07, 6.45) is 3.65. The zero-order valence-corrected chi connectivity index (χ0v) is 9.77. The highest BCUT2D eigenvalue weighted by atomic mass is 28.4. The molecule has 5 nitrogen and oxygen atoms in total. The zero-order valence-electron chi connectivity index (χ0n) is 8.77. The largest absolute Gasteiger partial charge is 0.502 e. The smallest absolute Gasteiger partial charge is 0.377 e. The van der Waals surface area contributed by atoms with Crippen molar-refractivity contribution in [1.82, 2.24) is 9.78 Å². The minimum absolute atomic E-state index is 0.720. The van der Waals surface area contributed by atoms with Crippen molar-refractivity contribution in [1.29, 1.82) is 0 Å². The lowest BCUT2D eigenvalue weighted by atomic mass is 10.7. The van der Waals surface area contributed by atoms with Crippen molar-refractivity contribution in [3.8, 4) is 0 Å². The van der Waals surface area contributed by atoms with Gasteiger partial charge in [-0.15, -0.1) is 0 Å². The van der Waals surface area contributed by atoms with Crippen molar-refractivity contribution in [2.24, 2.45) is 0 Å². The average Bonchev–Trinajstić information content (AvgIpc) is 2.74. The van der Waals surface area contributed by atoms with E-state index in [2.05, 4.69) is 5.10 Å². The highest BCUT2D eigenvalue weighted by Gasteiger charge is 2.37. The van der Waals surface area contributed by atoms with Crippen LogP contribution in [-0.2, 0) is 19.8 Å². The lowest BCUT2D eigenvalue weighted by Crippen LogP contribution is -2.43. The minimum atomic E-state index is -2.43. The quantitative estimate of drug-likeness (QED) is 0.659. The van der Waals surface area contributed by atoms with E-state index in [1.54, 1.807) is 27.5 Å². The SMILES string of the molecule is CO[Si](CCn1cccn1)(OC)OC. The molecule has 0 radical (unpaired) electrons. The maximum absolute atomic E-state index is 5.29. The van der Waals surface area contributed by atoms with Crippen molar-refractivity contribution in [2.75, 3.05) is 21.3 Å². The summed E-state index contributed by atoms with van der Waals surface area (Å²) in [7, 11) is 2.41. The molecule has 14 heavy (non-hydrogen) atoms. The van der Waals surface area contributed by atoms with Crippen molar-refractivity contribution in [3.05, 3.63) is 18.5 Å². The molecular weight excluding hydrogens is 200 g/mol. The third-order valence-electron chi connectivity index (χ3n) is 2.14. The van der Waals surface area contributed by atoms with Gasteiger partial charge < -0.3 is 13.3 Å². The van der Waals surface area contributed by atoms with Crippen LogP contribution < -0.4 is 0 Å². The second kappa shape index (κ2) is 5.25. The van der Waals surface area contributed by atoms with Gasteiger partial charge in [-0.25, -0.2) is 0 Å². The molecule has 1 aromatic heterocycles. The Morgan fingerprint density at radius 3 is 2.29 bits per heavy atom. The van der Waals surface area contributed by atoms with Gasteiger partial charge in [0.15, 0.2) is 0 Å². The van der Waals surface area contributed by atoms with Crippen molar-refractivity contribution >= 4 is 8.80 Å². The average molecular weight is 216 g/mol. The second-order valence-corrected chi connectivity index (χ2v) is 5.91. The van der Waals surface area contributed by atoms with Gasteiger partial charge in [0.05, 0.1) is 0 Å². The molecule has 0 unspecified atom stereocenters. The third-order valence-corrected chi connectivity index (χ3v) is 4.84. The van der Waals surface area contributed by atoms with Gasteiger partial charge in [-0.1, -0.05) is 0 Å². The predicted molar refractivity (Wildman–Crippen MR) is 53.8 cm³/mol. The van der Waals surface area contributed by atoms with Crippen molar-refractivity contribution < 1.29 is 13.3 Å². The number of rotatable bonds is 6. The van der Waals surface area contributed by atoms with E-state index in [9.17, 15) is 0 Å². The van der Waals surface area contributed by atoms with E-state index < -0.39 is 8.80 Å². The summed E-state index contributed by atoms with van der Waals surface area (Å²) in [5, 5.41) is 4.09. The summed E-state index contributed by atoms with van der Waals surface area (Å²) < 4.78 is 17.7. The van der Waals surface area contributed by atoms with Gasteiger partial charge in [-0.05, 0) is 6.07 Å². The molecule has 0 spiro atoms. The first-order chi connectivity index (χ1) is 6.76. The first kappa shape index (κ1) is 11.4. The molecule has 0 aromatic carbocycles. The van der Waals surface area contributed by atoms with Crippen LogP contribution in [0.5, 0.6) is 0 Å². The highest BCUT2D eigenvalue weighted by Crippen LogP contribution is 2.13. The molecule has 0 fully saturated rings. The minimum Gasteiger partial charge on any atom is -0.377 e. The van der Waals surface area contributed by atoms with E-state index in [4.69, 9.17) is 13.3 Å². The van der Waals surface area contributed by atoms with E-state index in [1.165, 1.54) is 0 Å². The van der Waals surface area contributed by atoms with E-state index in [-0.39, 0.29) is 0 Å². The molecule has 80 valence electrons. The molecule has 1 heterocycles. The van der Waals surface area contributed by atoms with Crippen LogP contribution >= 0.6 is 0 Å². The van der Waals surface area contributed by atoms with Crippen LogP contribution in [0.4, 0.5) is 0 Å². The van der Waals surface area contributed by atoms with Gasteiger partial charge in [0.25, 0.3) is 0 Å². The summed E-state index contributed by atoms with van der Waals surface area (Å²) in [6.45, 7) is 0.745. The van der Waals surface area contributed by atoms with E-state index in [1.807, 2.05) is 16.9 Å². The zero-order chi connectivity index (χ0) is 10.4. The summed E-state index contributed by atoms with van der Waals surface area (Å²) >= 11 is 0. The van der Waals surface area contributed by atoms with Crippen LogP contribution in [0.3, 0.4) is 0 Å². The summed E-state index contributed by atoms with van der Waals surface area (Å²) in [5.74, 6) is 0. The Kier molecular flexibility index (Phi) is 4.27. The Balaban J connectivity index is 2.48. The van der Waals surface area contributed by atoms with Gasteiger partial charge in [0, 0.05) is 46.3 Å². The normalized spacial score (nSPS) is 11.9. The molecular formula is C8H16N2O3Si. The molecule has 0 aliphatic rings. The van der Waals surface area contributed by atoms with E-state index in [0.717, 1.165) is 12.6 Å². The summed E-state index contributed by atoms with van der Waals surface area (Å²) in [6, 6.07) is 2.60. The molecule has 0 saturated heterocycles. The van der Waals surface area contributed by atoms with Gasteiger partial charge in [-0.2, -0.15) is 5.10 Å². The van der Waals surface area contributed by atoms with E-state index in [0.29, 0.717) is 0 Å². The Bertz CT molecular complexity index is 241. The maximum Gasteiger partial charge on any atom is 0.502 e. The van der Waals surface area contributed by atoms with Crippen LogP contribution in [0.25, 0.3) is 0 Å². The number of hydrogen-bond acceptors (Lipinski definition) is 4. The van der Waals surface area contributed by atoms with Crippen LogP contribution in [-0.4, -0.2) is 39.9 Å². The number of hydrogen-bond donors (Lipinski definition) is 0. The fourth-order valence-corrected chi connectivity index (χ4v) is 2.86. The molecule has 0 aliphatic heterocycles. The Morgan fingerprint density at radius 1 is 1.21 bits per heavy atom. The molecule has 1 rings (SSSR count). The Hall–Kier alpha value is -0.693. The molecule has 1 aromatic rings. The molecule has 0 N–H and O–H groups in total. The molecule has 0 aliphatic carbocycles. The number of aryl methyl sites for hydroxylation is 1. The first-order valence-electron chi connectivity index (χ1n) is 4.39. The fraction of sp³-hybridized carbons (Fsp3) is 0.625. The van der Waals surface area contributed by atoms with Gasteiger partial charge in [0.1, 0.15) is 0 Å². The van der Waals surface area contributed by atoms with Gasteiger partial charge in [0.2, 0.25) is 0 Å². The third kappa shape index (κ3) is 2.65. The second-order valence-electron chi connectivity index (χ2n) is 2.81. The Morgan fingerprint density at radius 2 is 1.86 bits per heavy atom. The lowest BCUT2D eigenvalue weighted by molar-refractivity contribution is 0.122. The topological polar surface area (TPSA) is 45.5 Å².